The van der Waals surface area contributed by atoms with E-state index in [1.54, 1.807) is 30.3 Å². The molecule has 0 saturated heterocycles. The molecule has 1 heterocycles. The molecule has 5 rings (SSSR count). The second-order valence-electron chi connectivity index (χ2n) is 8.60. The van der Waals surface area contributed by atoms with Crippen molar-refractivity contribution in [2.24, 2.45) is 0 Å². The topological polar surface area (TPSA) is 69.0 Å². The number of aromatic nitrogens is 3. The van der Waals surface area contributed by atoms with Crippen LogP contribution in [0.3, 0.4) is 0 Å². The van der Waals surface area contributed by atoms with Gasteiger partial charge in [-0.3, -0.25) is 4.79 Å². The highest BCUT2D eigenvalue weighted by atomic mass is 19.4. The zero-order valence-corrected chi connectivity index (χ0v) is 20.4. The van der Waals surface area contributed by atoms with Gasteiger partial charge in [0.2, 0.25) is 0 Å². The lowest BCUT2D eigenvalue weighted by atomic mass is 10.0. The summed E-state index contributed by atoms with van der Waals surface area (Å²) >= 11 is 0. The Morgan fingerprint density at radius 3 is 2.10 bits per heavy atom. The number of benzene rings is 4. The van der Waals surface area contributed by atoms with Gasteiger partial charge in [-0.1, -0.05) is 42.5 Å². The summed E-state index contributed by atoms with van der Waals surface area (Å²) in [6, 6.07) is 28.3. The summed E-state index contributed by atoms with van der Waals surface area (Å²) in [5, 5.41) is 7.18. The molecule has 1 aromatic heterocycles. The summed E-state index contributed by atoms with van der Waals surface area (Å²) in [7, 11) is 0. The van der Waals surface area contributed by atoms with Crippen molar-refractivity contribution in [1.82, 2.24) is 14.8 Å². The molecule has 0 spiro atoms. The van der Waals surface area contributed by atoms with Crippen LogP contribution in [0, 0.1) is 0 Å². The number of halogens is 5. The summed E-state index contributed by atoms with van der Waals surface area (Å²) in [4.78, 5) is 17.0. The normalized spacial score (nSPS) is 11.7. The van der Waals surface area contributed by atoms with Gasteiger partial charge in [0, 0.05) is 16.8 Å². The molecule has 0 aliphatic rings. The molecule has 202 valence electrons. The summed E-state index contributed by atoms with van der Waals surface area (Å²) in [6.45, 7) is 0. The number of anilines is 1. The van der Waals surface area contributed by atoms with Crippen LogP contribution in [-0.4, -0.2) is 33.0 Å². The molecule has 0 unspecified atom stereocenters. The lowest BCUT2D eigenvalue weighted by molar-refractivity contribution is -0.360. The Kier molecular flexibility index (Phi) is 7.03. The fraction of sp³-hybridized carbons (Fsp3) is 0.0690. The molecule has 4 aromatic carbocycles. The van der Waals surface area contributed by atoms with E-state index in [1.165, 1.54) is 23.1 Å². The van der Waals surface area contributed by atoms with Crippen LogP contribution in [0.4, 0.5) is 27.6 Å². The molecule has 6 nitrogen and oxygen atoms in total. The standard InChI is InChI=1S/C29H19F5N4O2/c30-28(31,32)29(33,34)40-25-15-13-24(14-16-25)38-18-35-26(37-38)20-9-11-23(12-10-20)36-27(39)22-8-4-7-21(17-22)19-5-2-1-3-6-19/h1-18H,(H,36,39). The van der Waals surface area contributed by atoms with Crippen molar-refractivity contribution in [2.45, 2.75) is 12.3 Å². The monoisotopic (exact) mass is 550 g/mol. The first-order chi connectivity index (χ1) is 19.1. The number of carbonyl (C=O) groups is 1. The quantitative estimate of drug-likeness (QED) is 0.215. The summed E-state index contributed by atoms with van der Waals surface area (Å²) in [5.74, 6) is -0.596. The first-order valence-electron chi connectivity index (χ1n) is 11.8. The van der Waals surface area contributed by atoms with Gasteiger partial charge in [0.05, 0.1) is 5.69 Å². The van der Waals surface area contributed by atoms with Gasteiger partial charge < -0.3 is 10.1 Å². The van der Waals surface area contributed by atoms with Crippen LogP contribution in [0.25, 0.3) is 28.2 Å². The van der Waals surface area contributed by atoms with Crippen molar-refractivity contribution >= 4 is 11.6 Å². The Balaban J connectivity index is 1.24. The molecule has 0 saturated carbocycles. The molecule has 0 atom stereocenters. The van der Waals surface area contributed by atoms with E-state index in [0.717, 1.165) is 23.3 Å². The molecular weight excluding hydrogens is 531 g/mol. The van der Waals surface area contributed by atoms with Crippen molar-refractivity contribution in [3.8, 4) is 34.0 Å². The predicted molar refractivity (Wildman–Crippen MR) is 138 cm³/mol. The van der Waals surface area contributed by atoms with E-state index in [-0.39, 0.29) is 5.91 Å². The number of nitrogens with one attached hydrogen (secondary N) is 1. The van der Waals surface area contributed by atoms with Crippen molar-refractivity contribution in [3.63, 3.8) is 0 Å². The van der Waals surface area contributed by atoms with Crippen molar-refractivity contribution in [1.29, 1.82) is 0 Å². The van der Waals surface area contributed by atoms with E-state index >= 15 is 0 Å². The van der Waals surface area contributed by atoms with Crippen molar-refractivity contribution in [2.75, 3.05) is 5.32 Å². The number of alkyl halides is 5. The van der Waals surface area contributed by atoms with E-state index in [0.29, 0.717) is 28.3 Å². The highest BCUT2D eigenvalue weighted by Gasteiger charge is 2.61. The van der Waals surface area contributed by atoms with Gasteiger partial charge in [-0.25, -0.2) is 9.67 Å². The minimum atomic E-state index is -5.84. The van der Waals surface area contributed by atoms with Crippen molar-refractivity contribution < 1.29 is 31.5 Å². The van der Waals surface area contributed by atoms with Gasteiger partial charge in [0.15, 0.2) is 5.82 Å². The number of hydrogen-bond donors (Lipinski definition) is 1. The Morgan fingerprint density at radius 2 is 1.43 bits per heavy atom. The smallest absolute Gasteiger partial charge is 0.426 e. The Hall–Kier alpha value is -5.06. The number of nitrogens with zero attached hydrogens (tertiary/aromatic N) is 3. The van der Waals surface area contributed by atoms with E-state index in [9.17, 15) is 26.7 Å². The molecule has 0 radical (unpaired) electrons. The molecule has 1 amide bonds. The van der Waals surface area contributed by atoms with Crippen LogP contribution in [0.15, 0.2) is 109 Å². The zero-order chi connectivity index (χ0) is 28.3. The molecule has 40 heavy (non-hydrogen) atoms. The number of rotatable bonds is 7. The fourth-order valence-corrected chi connectivity index (χ4v) is 3.77. The molecule has 1 N–H and O–H groups in total. The van der Waals surface area contributed by atoms with Crippen LogP contribution >= 0.6 is 0 Å². The number of hydrogen-bond acceptors (Lipinski definition) is 4. The molecule has 0 aliphatic heterocycles. The summed E-state index contributed by atoms with van der Waals surface area (Å²) < 4.78 is 68.4. The van der Waals surface area contributed by atoms with E-state index in [1.807, 2.05) is 48.5 Å². The van der Waals surface area contributed by atoms with Gasteiger partial charge in [-0.15, -0.1) is 5.10 Å². The van der Waals surface area contributed by atoms with Crippen LogP contribution < -0.4 is 10.1 Å². The second-order valence-corrected chi connectivity index (χ2v) is 8.60. The number of carbonyl (C=O) groups excluding carboxylic acids is 1. The predicted octanol–water partition coefficient (Wildman–Crippen LogP) is 7.39. The van der Waals surface area contributed by atoms with Gasteiger partial charge in [-0.2, -0.15) is 22.0 Å². The molecule has 5 aromatic rings. The minimum absolute atomic E-state index is 0.270. The first kappa shape index (κ1) is 26.5. The molecule has 0 fully saturated rings. The average Bonchev–Trinajstić information content (AvgIpc) is 3.44. The van der Waals surface area contributed by atoms with Crippen LogP contribution in [-0.2, 0) is 0 Å². The number of ether oxygens (including phenoxy) is 1. The van der Waals surface area contributed by atoms with E-state index in [2.05, 4.69) is 20.1 Å². The maximum atomic E-state index is 13.1. The van der Waals surface area contributed by atoms with Gasteiger partial charge in [-0.05, 0) is 71.8 Å². The molecule has 0 bridgehead atoms. The van der Waals surface area contributed by atoms with E-state index in [4.69, 9.17) is 0 Å². The van der Waals surface area contributed by atoms with E-state index < -0.39 is 18.0 Å². The lowest BCUT2D eigenvalue weighted by Crippen LogP contribution is -2.41. The minimum Gasteiger partial charge on any atom is -0.426 e. The van der Waals surface area contributed by atoms with Crippen LogP contribution in [0.2, 0.25) is 0 Å². The highest BCUT2D eigenvalue weighted by molar-refractivity contribution is 6.05. The maximum Gasteiger partial charge on any atom is 0.499 e. The summed E-state index contributed by atoms with van der Waals surface area (Å²) in [5.41, 5.74) is 3.98. The Bertz CT molecular complexity index is 1620. The van der Waals surface area contributed by atoms with Gasteiger partial charge >= 0.3 is 12.3 Å². The maximum absolute atomic E-state index is 13.1. The first-order valence-corrected chi connectivity index (χ1v) is 11.8. The molecule has 11 heteroatoms. The summed E-state index contributed by atoms with van der Waals surface area (Å²) in [6.07, 6.45) is -9.78. The third-order valence-corrected chi connectivity index (χ3v) is 5.80. The third kappa shape index (κ3) is 5.83. The Labute approximate surface area is 224 Å². The van der Waals surface area contributed by atoms with Crippen LogP contribution in [0.1, 0.15) is 10.4 Å². The lowest BCUT2D eigenvalue weighted by Gasteiger charge is -2.20. The average molecular weight is 550 g/mol. The second kappa shape index (κ2) is 10.6. The fourth-order valence-electron chi connectivity index (χ4n) is 3.77. The largest absolute Gasteiger partial charge is 0.499 e. The van der Waals surface area contributed by atoms with Crippen molar-refractivity contribution in [3.05, 3.63) is 115 Å². The van der Waals surface area contributed by atoms with Crippen LogP contribution in [0.5, 0.6) is 5.75 Å². The van der Waals surface area contributed by atoms with Gasteiger partial charge in [0.25, 0.3) is 5.91 Å². The zero-order valence-electron chi connectivity index (χ0n) is 20.4. The number of amides is 1. The third-order valence-electron chi connectivity index (χ3n) is 5.80. The molecular formula is C29H19F5N4O2. The molecule has 0 aliphatic carbocycles. The Morgan fingerprint density at radius 1 is 0.750 bits per heavy atom. The highest BCUT2D eigenvalue weighted by Crippen LogP contribution is 2.37. The SMILES string of the molecule is O=C(Nc1ccc(-c2ncn(-c3ccc(OC(F)(F)C(F)(F)F)cc3)n2)cc1)c1cccc(-c2ccccc2)c1. The van der Waals surface area contributed by atoms with Gasteiger partial charge in [0.1, 0.15) is 12.1 Å².